The number of ether oxygens (including phenoxy) is 1. The fourth-order valence-corrected chi connectivity index (χ4v) is 4.63. The molecule has 9 heteroatoms. The summed E-state index contributed by atoms with van der Waals surface area (Å²) in [5, 5.41) is 5.68. The van der Waals surface area contributed by atoms with Crippen molar-refractivity contribution in [3.63, 3.8) is 0 Å². The van der Waals surface area contributed by atoms with Gasteiger partial charge in [-0.25, -0.2) is 0 Å². The molecule has 2 heterocycles. The van der Waals surface area contributed by atoms with Crippen molar-refractivity contribution in [1.82, 2.24) is 5.32 Å². The maximum atomic E-state index is 12.9. The zero-order chi connectivity index (χ0) is 25.1. The molecule has 7 nitrogen and oxygen atoms in total. The standard InChI is InChI=1S/C25H31N3O4SSi/c1-17-15-18(7-9-20(17)28-12-13-32-16-22(28)29)26-24(31)25(2,3)27-23(30)21-10-8-19(33-21)11-14-34(4,5)6/h7-10,15H,12-13,16H2,1-6H3,(H,26,31)(H,27,30). The molecule has 3 rings (SSSR count). The molecule has 1 fully saturated rings. The summed E-state index contributed by atoms with van der Waals surface area (Å²) in [7, 11) is -1.50. The molecule has 0 aliphatic carbocycles. The highest BCUT2D eigenvalue weighted by molar-refractivity contribution is 7.14. The average Bonchev–Trinajstić information content (AvgIpc) is 3.22. The van der Waals surface area contributed by atoms with E-state index in [9.17, 15) is 14.4 Å². The molecule has 0 spiro atoms. The van der Waals surface area contributed by atoms with Crippen molar-refractivity contribution >= 4 is 48.5 Å². The number of aryl methyl sites for hydroxylation is 1. The van der Waals surface area contributed by atoms with Crippen molar-refractivity contribution in [1.29, 1.82) is 0 Å². The minimum atomic E-state index is -1.50. The molecule has 0 radical (unpaired) electrons. The van der Waals surface area contributed by atoms with Crippen molar-refractivity contribution < 1.29 is 19.1 Å². The normalized spacial score (nSPS) is 14.3. The van der Waals surface area contributed by atoms with Crippen LogP contribution in [-0.4, -0.2) is 51.1 Å². The lowest BCUT2D eigenvalue weighted by molar-refractivity contribution is -0.125. The molecule has 2 N–H and O–H groups in total. The first-order chi connectivity index (χ1) is 15.9. The Bertz CT molecular complexity index is 1170. The lowest BCUT2D eigenvalue weighted by Gasteiger charge is -2.29. The summed E-state index contributed by atoms with van der Waals surface area (Å²) >= 11 is 1.32. The van der Waals surface area contributed by atoms with Crippen molar-refractivity contribution in [2.75, 3.05) is 30.0 Å². The molecule has 1 aromatic heterocycles. The van der Waals surface area contributed by atoms with Crippen LogP contribution in [0.3, 0.4) is 0 Å². The Morgan fingerprint density at radius 3 is 2.56 bits per heavy atom. The summed E-state index contributed by atoms with van der Waals surface area (Å²) in [6.07, 6.45) is 0. The highest BCUT2D eigenvalue weighted by Gasteiger charge is 2.31. The van der Waals surface area contributed by atoms with E-state index >= 15 is 0 Å². The second kappa shape index (κ2) is 10.1. The summed E-state index contributed by atoms with van der Waals surface area (Å²) in [4.78, 5) is 40.9. The third-order valence-electron chi connectivity index (χ3n) is 5.12. The topological polar surface area (TPSA) is 87.7 Å². The summed E-state index contributed by atoms with van der Waals surface area (Å²) in [6.45, 7) is 12.8. The maximum Gasteiger partial charge on any atom is 0.262 e. The molecule has 0 unspecified atom stereocenters. The van der Waals surface area contributed by atoms with Crippen LogP contribution in [-0.2, 0) is 14.3 Å². The number of rotatable bonds is 5. The van der Waals surface area contributed by atoms with Crippen LogP contribution in [0.1, 0.15) is 34.0 Å². The zero-order valence-electron chi connectivity index (χ0n) is 20.5. The van der Waals surface area contributed by atoms with E-state index in [1.54, 1.807) is 30.9 Å². The van der Waals surface area contributed by atoms with Gasteiger partial charge >= 0.3 is 0 Å². The van der Waals surface area contributed by atoms with Crippen molar-refractivity contribution in [2.45, 2.75) is 46.0 Å². The third-order valence-corrected chi connectivity index (χ3v) is 6.99. The van der Waals surface area contributed by atoms with Crippen LogP contribution in [0.2, 0.25) is 19.6 Å². The van der Waals surface area contributed by atoms with Crippen LogP contribution in [0, 0.1) is 18.4 Å². The van der Waals surface area contributed by atoms with Crippen LogP contribution in [0.25, 0.3) is 0 Å². The smallest absolute Gasteiger partial charge is 0.262 e. The van der Waals surface area contributed by atoms with Crippen LogP contribution in [0.5, 0.6) is 0 Å². The Labute approximate surface area is 205 Å². The maximum absolute atomic E-state index is 12.9. The number of morpholine rings is 1. The van der Waals surface area contributed by atoms with E-state index in [0.29, 0.717) is 23.7 Å². The largest absolute Gasteiger partial charge is 0.370 e. The van der Waals surface area contributed by atoms with Crippen LogP contribution in [0.15, 0.2) is 30.3 Å². The van der Waals surface area contributed by atoms with Gasteiger partial charge in [-0.2, -0.15) is 0 Å². The molecule has 1 aliphatic heterocycles. The Morgan fingerprint density at radius 1 is 1.18 bits per heavy atom. The van der Waals surface area contributed by atoms with E-state index in [1.807, 2.05) is 25.1 Å². The number of nitrogens with zero attached hydrogens (tertiary/aromatic N) is 1. The molecule has 0 atom stereocenters. The van der Waals surface area contributed by atoms with Gasteiger partial charge in [-0.3, -0.25) is 14.4 Å². The van der Waals surface area contributed by atoms with E-state index < -0.39 is 13.6 Å². The monoisotopic (exact) mass is 497 g/mol. The third kappa shape index (κ3) is 6.56. The Morgan fingerprint density at radius 2 is 1.91 bits per heavy atom. The molecule has 0 bridgehead atoms. The van der Waals surface area contributed by atoms with Crippen molar-refractivity contribution in [3.05, 3.63) is 45.6 Å². The molecule has 2 aromatic rings. The molecule has 3 amide bonds. The molecule has 34 heavy (non-hydrogen) atoms. The molecule has 1 aliphatic rings. The highest BCUT2D eigenvalue weighted by atomic mass is 32.1. The fourth-order valence-electron chi connectivity index (χ4n) is 3.27. The quantitative estimate of drug-likeness (QED) is 0.486. The van der Waals surface area contributed by atoms with Gasteiger partial charge in [0.25, 0.3) is 11.8 Å². The molecule has 1 saturated heterocycles. The number of benzene rings is 1. The molecule has 0 saturated carbocycles. The number of amides is 3. The number of nitrogens with one attached hydrogen (secondary N) is 2. The van der Waals surface area contributed by atoms with Gasteiger partial charge in [-0.05, 0) is 56.7 Å². The van der Waals surface area contributed by atoms with Gasteiger partial charge in [0.2, 0.25) is 5.91 Å². The van der Waals surface area contributed by atoms with Gasteiger partial charge in [-0.15, -0.1) is 16.9 Å². The van der Waals surface area contributed by atoms with Crippen LogP contribution in [0.4, 0.5) is 11.4 Å². The Balaban J connectivity index is 1.65. The second-order valence-electron chi connectivity index (χ2n) is 9.80. The number of carbonyl (C=O) groups excluding carboxylic acids is 3. The van der Waals surface area contributed by atoms with Gasteiger partial charge in [-0.1, -0.05) is 25.6 Å². The van der Waals surface area contributed by atoms with E-state index in [4.69, 9.17) is 4.74 Å². The number of thiophene rings is 1. The average molecular weight is 498 g/mol. The Kier molecular flexibility index (Phi) is 7.66. The highest BCUT2D eigenvalue weighted by Crippen LogP contribution is 2.25. The van der Waals surface area contributed by atoms with E-state index in [0.717, 1.165) is 16.1 Å². The van der Waals surface area contributed by atoms with Gasteiger partial charge in [0, 0.05) is 17.9 Å². The van der Waals surface area contributed by atoms with Crippen molar-refractivity contribution in [3.8, 4) is 11.5 Å². The SMILES string of the molecule is Cc1cc(NC(=O)C(C)(C)NC(=O)c2ccc(C#C[Si](C)(C)C)s2)ccc1N1CCOCC1=O. The van der Waals surface area contributed by atoms with Crippen molar-refractivity contribution in [2.24, 2.45) is 0 Å². The second-order valence-corrected chi connectivity index (χ2v) is 15.6. The number of hydrogen-bond acceptors (Lipinski definition) is 5. The first-order valence-corrected chi connectivity index (χ1v) is 15.4. The van der Waals surface area contributed by atoms with E-state index in [1.165, 1.54) is 11.3 Å². The van der Waals surface area contributed by atoms with Gasteiger partial charge in [0.1, 0.15) is 20.2 Å². The zero-order valence-corrected chi connectivity index (χ0v) is 22.3. The minimum absolute atomic E-state index is 0.0719. The van der Waals surface area contributed by atoms with Gasteiger partial charge < -0.3 is 20.3 Å². The van der Waals surface area contributed by atoms with Crippen LogP contribution < -0.4 is 15.5 Å². The van der Waals surface area contributed by atoms with E-state index in [2.05, 4.69) is 41.7 Å². The lowest BCUT2D eigenvalue weighted by Crippen LogP contribution is -2.52. The first-order valence-electron chi connectivity index (χ1n) is 11.1. The number of hydrogen-bond donors (Lipinski definition) is 2. The summed E-state index contributed by atoms with van der Waals surface area (Å²) in [6, 6.07) is 8.95. The summed E-state index contributed by atoms with van der Waals surface area (Å²) < 4.78 is 5.19. The molecular weight excluding hydrogens is 466 g/mol. The number of anilines is 2. The predicted octanol–water partition coefficient (Wildman–Crippen LogP) is 3.80. The van der Waals surface area contributed by atoms with E-state index in [-0.39, 0.29) is 24.3 Å². The molecule has 180 valence electrons. The summed E-state index contributed by atoms with van der Waals surface area (Å²) in [5.74, 6) is 2.41. The molecule has 1 aromatic carbocycles. The van der Waals surface area contributed by atoms with Crippen LogP contribution >= 0.6 is 11.3 Å². The minimum Gasteiger partial charge on any atom is -0.370 e. The predicted molar refractivity (Wildman–Crippen MR) is 139 cm³/mol. The fraction of sp³-hybridized carbons (Fsp3) is 0.400. The lowest BCUT2D eigenvalue weighted by atomic mass is 10.0. The van der Waals surface area contributed by atoms with Gasteiger partial charge in [0.05, 0.1) is 16.4 Å². The summed E-state index contributed by atoms with van der Waals surface area (Å²) in [5.41, 5.74) is 4.40. The molecular formula is C25H31N3O4SSi. The number of carbonyl (C=O) groups is 3. The Hall–Kier alpha value is -2.93. The van der Waals surface area contributed by atoms with Gasteiger partial charge in [0.15, 0.2) is 0 Å². The first kappa shape index (κ1) is 25.7.